The third-order valence-electron chi connectivity index (χ3n) is 4.35. The highest BCUT2D eigenvalue weighted by Gasteiger charge is 2.52. The van der Waals surface area contributed by atoms with Gasteiger partial charge in [0.05, 0.1) is 11.3 Å². The molecule has 4 heteroatoms. The van der Waals surface area contributed by atoms with E-state index in [2.05, 4.69) is 10.3 Å². The first-order valence-corrected chi connectivity index (χ1v) is 6.83. The topological polar surface area (TPSA) is 59.1 Å². The molecule has 1 aromatic rings. The maximum Gasteiger partial charge on any atom is 0.224 e. The zero-order valence-corrected chi connectivity index (χ0v) is 11.1. The maximum absolute atomic E-state index is 12.0. The van der Waals surface area contributed by atoms with Gasteiger partial charge in [-0.25, -0.2) is 0 Å². The molecule has 0 atom stereocenters. The highest BCUT2D eigenvalue weighted by atomic mass is 16.1. The second kappa shape index (κ2) is 4.44. The van der Waals surface area contributed by atoms with Crippen LogP contribution in [-0.2, 0) is 4.79 Å². The minimum Gasteiger partial charge on any atom is -0.325 e. The first kappa shape index (κ1) is 12.3. The molecule has 3 rings (SSSR count). The minimum absolute atomic E-state index is 0.00852. The molecule has 1 amide bonds. The lowest BCUT2D eigenvalue weighted by Crippen LogP contribution is -2.29. The van der Waals surface area contributed by atoms with Gasteiger partial charge in [0.1, 0.15) is 0 Å². The smallest absolute Gasteiger partial charge is 0.224 e. The molecule has 0 aromatic carbocycles. The van der Waals surface area contributed by atoms with Gasteiger partial charge in [0.25, 0.3) is 0 Å². The van der Waals surface area contributed by atoms with Crippen LogP contribution in [0.4, 0.5) is 5.69 Å². The third kappa shape index (κ3) is 2.53. The Bertz CT molecular complexity index is 527. The molecule has 0 saturated heterocycles. The van der Waals surface area contributed by atoms with E-state index in [4.69, 9.17) is 0 Å². The van der Waals surface area contributed by atoms with Gasteiger partial charge in [0.2, 0.25) is 5.91 Å². The van der Waals surface area contributed by atoms with Gasteiger partial charge in [-0.3, -0.25) is 14.6 Å². The number of carbonyl (C=O) groups is 2. The van der Waals surface area contributed by atoms with E-state index in [1.165, 1.54) is 38.8 Å². The first-order valence-electron chi connectivity index (χ1n) is 6.83. The van der Waals surface area contributed by atoms with Gasteiger partial charge >= 0.3 is 0 Å². The van der Waals surface area contributed by atoms with Crippen molar-refractivity contribution in [3.05, 3.63) is 24.0 Å². The molecule has 0 unspecified atom stereocenters. The molecule has 1 spiro atoms. The normalized spacial score (nSPS) is 19.8. The molecular formula is C15H18N2O2. The van der Waals surface area contributed by atoms with Crippen molar-refractivity contribution in [1.29, 1.82) is 0 Å². The summed E-state index contributed by atoms with van der Waals surface area (Å²) in [5.74, 6) is 0.461. The van der Waals surface area contributed by atoms with Crippen molar-refractivity contribution in [2.45, 2.75) is 39.0 Å². The highest BCUT2D eigenvalue weighted by Crippen LogP contribution is 2.64. The molecule has 2 saturated carbocycles. The summed E-state index contributed by atoms with van der Waals surface area (Å²) in [7, 11) is 0. The monoisotopic (exact) mass is 258 g/mol. The van der Waals surface area contributed by atoms with Crippen LogP contribution in [0.5, 0.6) is 0 Å². The van der Waals surface area contributed by atoms with E-state index < -0.39 is 0 Å². The Labute approximate surface area is 112 Å². The van der Waals surface area contributed by atoms with Crippen LogP contribution < -0.4 is 5.32 Å². The molecule has 19 heavy (non-hydrogen) atoms. The number of rotatable bonds is 4. The average molecular weight is 258 g/mol. The SMILES string of the molecule is CC(=O)c1cnccc1NC(=O)CC1CC2(CC2)C1. The molecular weight excluding hydrogens is 240 g/mol. The molecule has 2 aliphatic carbocycles. The third-order valence-corrected chi connectivity index (χ3v) is 4.35. The van der Waals surface area contributed by atoms with Gasteiger partial charge in [0.15, 0.2) is 5.78 Å². The summed E-state index contributed by atoms with van der Waals surface area (Å²) in [6.07, 6.45) is 8.77. The maximum atomic E-state index is 12.0. The second-order valence-corrected chi connectivity index (χ2v) is 6.00. The molecule has 1 N–H and O–H groups in total. The summed E-state index contributed by atoms with van der Waals surface area (Å²) in [4.78, 5) is 27.3. The largest absolute Gasteiger partial charge is 0.325 e. The van der Waals surface area contributed by atoms with Crippen LogP contribution in [0.2, 0.25) is 0 Å². The lowest BCUT2D eigenvalue weighted by Gasteiger charge is -2.35. The molecule has 2 aliphatic rings. The molecule has 0 radical (unpaired) electrons. The first-order chi connectivity index (χ1) is 9.08. The van der Waals surface area contributed by atoms with E-state index in [0.717, 1.165) is 0 Å². The van der Waals surface area contributed by atoms with Gasteiger partial charge < -0.3 is 5.32 Å². The number of carbonyl (C=O) groups excluding carboxylic acids is 2. The van der Waals surface area contributed by atoms with Crippen LogP contribution in [0.3, 0.4) is 0 Å². The van der Waals surface area contributed by atoms with Crippen molar-refractivity contribution in [3.8, 4) is 0 Å². The Morgan fingerprint density at radius 1 is 1.42 bits per heavy atom. The molecule has 2 fully saturated rings. The van der Waals surface area contributed by atoms with Crippen molar-refractivity contribution in [2.75, 3.05) is 5.32 Å². The Balaban J connectivity index is 1.58. The standard InChI is InChI=1S/C15H18N2O2/c1-10(18)12-9-16-5-2-13(12)17-14(19)6-11-7-15(8-11)3-4-15/h2,5,9,11H,3-4,6-8H2,1H3,(H,16,17,19). The zero-order chi connectivity index (χ0) is 13.5. The second-order valence-electron chi connectivity index (χ2n) is 6.00. The summed E-state index contributed by atoms with van der Waals surface area (Å²) in [6.45, 7) is 1.48. The number of nitrogens with zero attached hydrogens (tertiary/aromatic N) is 1. The van der Waals surface area contributed by atoms with E-state index in [1.807, 2.05) is 0 Å². The lowest BCUT2D eigenvalue weighted by atomic mass is 9.70. The van der Waals surface area contributed by atoms with Crippen molar-refractivity contribution in [2.24, 2.45) is 11.3 Å². The fourth-order valence-corrected chi connectivity index (χ4v) is 3.14. The van der Waals surface area contributed by atoms with Crippen molar-refractivity contribution >= 4 is 17.4 Å². The number of hydrogen-bond acceptors (Lipinski definition) is 3. The molecule has 1 aromatic heterocycles. The molecule has 0 bridgehead atoms. The van der Waals surface area contributed by atoms with Crippen molar-refractivity contribution < 1.29 is 9.59 Å². The predicted molar refractivity (Wildman–Crippen MR) is 71.9 cm³/mol. The summed E-state index contributed by atoms with van der Waals surface area (Å²) >= 11 is 0. The Morgan fingerprint density at radius 3 is 2.79 bits per heavy atom. The number of Topliss-reactive ketones (excluding diaryl/α,β-unsaturated/α-hetero) is 1. The van der Waals surface area contributed by atoms with E-state index in [1.54, 1.807) is 12.3 Å². The van der Waals surface area contributed by atoms with Gasteiger partial charge in [-0.15, -0.1) is 0 Å². The van der Waals surface area contributed by atoms with E-state index in [0.29, 0.717) is 29.0 Å². The van der Waals surface area contributed by atoms with E-state index in [-0.39, 0.29) is 11.7 Å². The summed E-state index contributed by atoms with van der Waals surface area (Å²) < 4.78 is 0. The molecule has 100 valence electrons. The fourth-order valence-electron chi connectivity index (χ4n) is 3.14. The van der Waals surface area contributed by atoms with Gasteiger partial charge in [-0.05, 0) is 50.0 Å². The predicted octanol–water partition coefficient (Wildman–Crippen LogP) is 2.80. The van der Waals surface area contributed by atoms with Crippen LogP contribution in [-0.4, -0.2) is 16.7 Å². The number of pyridine rings is 1. The highest BCUT2D eigenvalue weighted by molar-refractivity contribution is 6.03. The van der Waals surface area contributed by atoms with Crippen LogP contribution >= 0.6 is 0 Å². The number of aromatic nitrogens is 1. The van der Waals surface area contributed by atoms with Gasteiger partial charge in [0, 0.05) is 18.8 Å². The van der Waals surface area contributed by atoms with Crippen LogP contribution in [0.1, 0.15) is 49.4 Å². The van der Waals surface area contributed by atoms with Gasteiger partial charge in [-0.2, -0.15) is 0 Å². The number of anilines is 1. The zero-order valence-electron chi connectivity index (χ0n) is 11.1. The van der Waals surface area contributed by atoms with Crippen LogP contribution in [0, 0.1) is 11.3 Å². The van der Waals surface area contributed by atoms with Crippen LogP contribution in [0.25, 0.3) is 0 Å². The Morgan fingerprint density at radius 2 is 2.16 bits per heavy atom. The average Bonchev–Trinajstić information content (AvgIpc) is 3.09. The van der Waals surface area contributed by atoms with Crippen molar-refractivity contribution in [1.82, 2.24) is 4.98 Å². The van der Waals surface area contributed by atoms with Crippen molar-refractivity contribution in [3.63, 3.8) is 0 Å². The Hall–Kier alpha value is -1.71. The number of amides is 1. The summed E-state index contributed by atoms with van der Waals surface area (Å²) in [6, 6.07) is 1.68. The molecule has 4 nitrogen and oxygen atoms in total. The molecule has 0 aliphatic heterocycles. The van der Waals surface area contributed by atoms with E-state index >= 15 is 0 Å². The Kier molecular flexibility index (Phi) is 2.88. The fraction of sp³-hybridized carbons (Fsp3) is 0.533. The summed E-state index contributed by atoms with van der Waals surface area (Å²) in [5.41, 5.74) is 1.68. The minimum atomic E-state index is -0.0797. The van der Waals surface area contributed by atoms with Gasteiger partial charge in [-0.1, -0.05) is 0 Å². The quantitative estimate of drug-likeness (QED) is 0.845. The number of hydrogen-bond donors (Lipinski definition) is 1. The molecule has 1 heterocycles. The van der Waals surface area contributed by atoms with E-state index in [9.17, 15) is 9.59 Å². The summed E-state index contributed by atoms with van der Waals surface area (Å²) in [5, 5.41) is 2.84. The van der Waals surface area contributed by atoms with Crippen LogP contribution in [0.15, 0.2) is 18.5 Å². The lowest BCUT2D eigenvalue weighted by molar-refractivity contribution is -0.118. The number of nitrogens with one attached hydrogen (secondary N) is 1. The number of ketones is 1.